The van der Waals surface area contributed by atoms with Gasteiger partial charge in [-0.25, -0.2) is 11.3 Å². The first-order valence-electron chi connectivity index (χ1n) is 8.37. The monoisotopic (exact) mass is 519 g/mol. The second-order valence-corrected chi connectivity index (χ2v) is 7.15. The van der Waals surface area contributed by atoms with Crippen LogP contribution < -0.4 is 4.80 Å². The Morgan fingerprint density at radius 3 is 2.76 bits per heavy atom. The van der Waals surface area contributed by atoms with Gasteiger partial charge in [0.25, 0.3) is 0 Å². The number of carbonyl (C=O) groups excluding carboxylic acids is 1. The molecule has 0 amide bonds. The predicted molar refractivity (Wildman–Crippen MR) is 97.3 cm³/mol. The van der Waals surface area contributed by atoms with Gasteiger partial charge in [0.15, 0.2) is 0 Å². The number of nitrogens with zero attached hydrogens (tertiary/aromatic N) is 2. The third-order valence-electron chi connectivity index (χ3n) is 3.70. The average Bonchev–Trinajstić information content (AvgIpc) is 2.84. The number of unbranched alkanes of at least 4 members (excludes halogenated alkanes) is 1. The number of aromatic nitrogens is 1. The first-order valence-corrected chi connectivity index (χ1v) is 9.19. The van der Waals surface area contributed by atoms with E-state index in [0.29, 0.717) is 0 Å². The SMILES string of the molecule is CCCCC(C)OC(=O)Cc1ccccc1N=c1sc(C)[c-]n1C.[Yb]. The van der Waals surface area contributed by atoms with Gasteiger partial charge in [0.1, 0.15) is 0 Å². The first-order chi connectivity index (χ1) is 11.5. The zero-order valence-corrected chi connectivity index (χ0v) is 17.6. The fourth-order valence-corrected chi connectivity index (χ4v) is 3.24. The van der Waals surface area contributed by atoms with Crippen LogP contribution in [0.15, 0.2) is 29.3 Å². The number of rotatable bonds is 7. The summed E-state index contributed by atoms with van der Waals surface area (Å²) in [6, 6.07) is 7.72. The van der Waals surface area contributed by atoms with Crippen molar-refractivity contribution in [1.82, 2.24) is 4.57 Å². The molecule has 0 saturated heterocycles. The number of carbonyl (C=O) groups is 1. The summed E-state index contributed by atoms with van der Waals surface area (Å²) in [6.07, 6.45) is 6.49. The quantitative estimate of drug-likeness (QED) is 0.410. The van der Waals surface area contributed by atoms with Crippen LogP contribution in [0.4, 0.5) is 5.69 Å². The van der Waals surface area contributed by atoms with E-state index in [4.69, 9.17) is 4.74 Å². The molecule has 0 spiro atoms. The zero-order chi connectivity index (χ0) is 17.5. The summed E-state index contributed by atoms with van der Waals surface area (Å²) >= 11 is 1.58. The summed E-state index contributed by atoms with van der Waals surface area (Å²) in [6.45, 7) is 6.09. The van der Waals surface area contributed by atoms with Gasteiger partial charge in [-0.1, -0.05) is 42.8 Å². The molecule has 1 aromatic carbocycles. The molecular formula is C19H25N2O2SYb-. The fourth-order valence-electron chi connectivity index (χ4n) is 2.45. The van der Waals surface area contributed by atoms with Gasteiger partial charge < -0.3 is 14.3 Å². The molecule has 25 heavy (non-hydrogen) atoms. The van der Waals surface area contributed by atoms with Gasteiger partial charge in [-0.3, -0.25) is 4.79 Å². The van der Waals surface area contributed by atoms with Crippen molar-refractivity contribution in [3.63, 3.8) is 0 Å². The fraction of sp³-hybridized carbons (Fsp3) is 0.474. The van der Waals surface area contributed by atoms with Crippen LogP contribution in [0, 0.1) is 60.0 Å². The Balaban J connectivity index is 0.00000312. The molecule has 0 aliphatic rings. The third-order valence-corrected chi connectivity index (χ3v) is 4.64. The van der Waals surface area contributed by atoms with E-state index in [9.17, 15) is 4.79 Å². The number of aryl methyl sites for hydroxylation is 2. The standard InChI is InChI=1S/C19H25N2O2S.Yb/c1-5-6-9-14(2)23-18(22)12-16-10-7-8-11-17(16)20-19-21(4)13-15(3)24-19;/h7-8,10-11,14H,5-6,9,12H2,1-4H3;/q-1;. The minimum atomic E-state index is -0.195. The molecule has 4 nitrogen and oxygen atoms in total. The summed E-state index contributed by atoms with van der Waals surface area (Å²) in [7, 11) is 1.93. The molecule has 0 saturated carbocycles. The molecule has 0 bridgehead atoms. The summed E-state index contributed by atoms with van der Waals surface area (Å²) < 4.78 is 7.38. The molecule has 0 aliphatic heterocycles. The molecule has 0 radical (unpaired) electrons. The van der Waals surface area contributed by atoms with Gasteiger partial charge >= 0.3 is 5.97 Å². The maximum atomic E-state index is 12.2. The second-order valence-electron chi connectivity index (χ2n) is 5.97. The zero-order valence-electron chi connectivity index (χ0n) is 15.1. The van der Waals surface area contributed by atoms with E-state index in [1.165, 1.54) is 0 Å². The van der Waals surface area contributed by atoms with Crippen LogP contribution in [0.1, 0.15) is 43.6 Å². The molecule has 1 heterocycles. The van der Waals surface area contributed by atoms with Crippen molar-refractivity contribution >= 4 is 23.0 Å². The summed E-state index contributed by atoms with van der Waals surface area (Å²) in [5, 5.41) is 0. The van der Waals surface area contributed by atoms with Crippen LogP contribution in [0.5, 0.6) is 0 Å². The smallest absolute Gasteiger partial charge is 0.310 e. The Morgan fingerprint density at radius 2 is 2.12 bits per heavy atom. The van der Waals surface area contributed by atoms with Gasteiger partial charge in [0.05, 0.1) is 12.5 Å². The van der Waals surface area contributed by atoms with Crippen molar-refractivity contribution in [2.45, 2.75) is 52.6 Å². The van der Waals surface area contributed by atoms with E-state index in [1.54, 1.807) is 11.3 Å². The molecular weight excluding hydrogens is 493 g/mol. The molecule has 1 aromatic heterocycles. The van der Waals surface area contributed by atoms with Crippen LogP contribution >= 0.6 is 11.3 Å². The molecule has 1 unspecified atom stereocenters. The van der Waals surface area contributed by atoms with E-state index < -0.39 is 0 Å². The summed E-state index contributed by atoms with van der Waals surface area (Å²) in [5.41, 5.74) is 1.69. The van der Waals surface area contributed by atoms with E-state index in [2.05, 4.69) is 18.1 Å². The van der Waals surface area contributed by atoms with Crippen LogP contribution in [0.3, 0.4) is 0 Å². The van der Waals surface area contributed by atoms with Crippen molar-refractivity contribution in [2.24, 2.45) is 12.0 Å². The van der Waals surface area contributed by atoms with E-state index in [1.807, 2.05) is 49.7 Å². The van der Waals surface area contributed by atoms with Crippen molar-refractivity contribution in [1.29, 1.82) is 0 Å². The molecule has 2 aromatic rings. The number of hydrogen-bond acceptors (Lipinski definition) is 4. The largest absolute Gasteiger partial charge is 0.490 e. The second kappa shape index (κ2) is 11.4. The summed E-state index contributed by atoms with van der Waals surface area (Å²) in [5.74, 6) is -0.195. The molecule has 6 heteroatoms. The van der Waals surface area contributed by atoms with Crippen molar-refractivity contribution in [2.75, 3.05) is 0 Å². The summed E-state index contributed by atoms with van der Waals surface area (Å²) in [4.78, 5) is 18.8. The minimum Gasteiger partial charge on any atom is -0.490 e. The number of para-hydroxylation sites is 1. The van der Waals surface area contributed by atoms with Crippen LogP contribution in [-0.2, 0) is 23.0 Å². The minimum absolute atomic E-state index is 0. The molecule has 0 N–H and O–H groups in total. The molecule has 0 aliphatic carbocycles. The topological polar surface area (TPSA) is 43.6 Å². The Morgan fingerprint density at radius 1 is 1.40 bits per heavy atom. The number of ether oxygens (including phenoxy) is 1. The Kier molecular flexibility index (Phi) is 10.3. The normalized spacial score (nSPS) is 12.6. The van der Waals surface area contributed by atoms with Gasteiger partial charge in [-0.2, -0.15) is 6.20 Å². The van der Waals surface area contributed by atoms with Crippen molar-refractivity contribution in [3.8, 4) is 0 Å². The third kappa shape index (κ3) is 7.41. The van der Waals surface area contributed by atoms with E-state index in [-0.39, 0.29) is 65.4 Å². The first kappa shape index (κ1) is 22.7. The maximum absolute atomic E-state index is 12.2. The number of esters is 1. The van der Waals surface area contributed by atoms with Crippen LogP contribution in [0.25, 0.3) is 0 Å². The Labute approximate surface area is 192 Å². The van der Waals surface area contributed by atoms with Crippen LogP contribution in [0.2, 0.25) is 0 Å². The molecule has 144 valence electrons. The maximum Gasteiger partial charge on any atom is 0.310 e. The molecule has 0 fully saturated rings. The van der Waals surface area contributed by atoms with E-state index >= 15 is 0 Å². The van der Waals surface area contributed by atoms with Crippen molar-refractivity contribution in [3.05, 3.63) is 45.7 Å². The molecule has 2 rings (SSSR count). The number of thiazole rings is 1. The van der Waals surface area contributed by atoms with Gasteiger partial charge in [-0.15, -0.1) is 0 Å². The van der Waals surface area contributed by atoms with Crippen LogP contribution in [-0.4, -0.2) is 16.6 Å². The Bertz CT molecular complexity index is 752. The van der Waals surface area contributed by atoms with Crippen molar-refractivity contribution < 1.29 is 56.5 Å². The van der Waals surface area contributed by atoms with Gasteiger partial charge in [0, 0.05) is 57.4 Å². The predicted octanol–water partition coefficient (Wildman–Crippen LogP) is 4.09. The van der Waals surface area contributed by atoms with E-state index in [0.717, 1.165) is 40.2 Å². The molecule has 1 atom stereocenters. The number of hydrogen-bond donors (Lipinski definition) is 0. The number of benzene rings is 1. The van der Waals surface area contributed by atoms with Gasteiger partial charge in [0.2, 0.25) is 0 Å². The average molecular weight is 519 g/mol. The Hall–Kier alpha value is -0.361. The van der Waals surface area contributed by atoms with Gasteiger partial charge in [-0.05, 0) is 38.9 Å².